The number of amides is 1. The summed E-state index contributed by atoms with van der Waals surface area (Å²) in [6.07, 6.45) is -0.935. The zero-order chi connectivity index (χ0) is 16.8. The second-order valence-electron chi connectivity index (χ2n) is 4.97. The van der Waals surface area contributed by atoms with Crippen molar-refractivity contribution < 1.29 is 19.0 Å². The fraction of sp³-hybridized carbons (Fsp3) is 0.235. The summed E-state index contributed by atoms with van der Waals surface area (Å²) in [4.78, 5) is 14.0. The van der Waals surface area contributed by atoms with Crippen molar-refractivity contribution in [3.8, 4) is 5.75 Å². The van der Waals surface area contributed by atoms with Crippen molar-refractivity contribution in [3.63, 3.8) is 0 Å². The average Bonchev–Trinajstić information content (AvgIpc) is 2.54. The third-order valence-electron chi connectivity index (χ3n) is 3.28. The molecular weight excluding hydrogens is 321 g/mol. The lowest BCUT2D eigenvalue weighted by atomic mass is 10.1. The molecule has 1 unspecified atom stereocenters. The van der Waals surface area contributed by atoms with Gasteiger partial charge in [-0.25, -0.2) is 4.39 Å². The minimum atomic E-state index is -0.935. The quantitative estimate of drug-likeness (QED) is 0.881. The van der Waals surface area contributed by atoms with Gasteiger partial charge >= 0.3 is 0 Å². The van der Waals surface area contributed by atoms with E-state index < -0.39 is 11.9 Å². The minimum absolute atomic E-state index is 0.0866. The molecule has 6 heteroatoms. The van der Waals surface area contributed by atoms with E-state index in [1.165, 1.54) is 17.0 Å². The van der Waals surface area contributed by atoms with Gasteiger partial charge in [-0.3, -0.25) is 4.79 Å². The van der Waals surface area contributed by atoms with Gasteiger partial charge in [0.05, 0.1) is 11.6 Å². The van der Waals surface area contributed by atoms with E-state index in [2.05, 4.69) is 0 Å². The number of hydrogen-bond donors (Lipinski definition) is 1. The summed E-state index contributed by atoms with van der Waals surface area (Å²) in [5.41, 5.74) is 0.641. The van der Waals surface area contributed by atoms with E-state index >= 15 is 0 Å². The monoisotopic (exact) mass is 337 g/mol. The van der Waals surface area contributed by atoms with Gasteiger partial charge in [-0.2, -0.15) is 0 Å². The molecule has 0 heterocycles. The van der Waals surface area contributed by atoms with Gasteiger partial charge in [-0.05, 0) is 18.2 Å². The van der Waals surface area contributed by atoms with Crippen LogP contribution in [-0.4, -0.2) is 36.1 Å². The largest absolute Gasteiger partial charge is 0.474 e. The lowest BCUT2D eigenvalue weighted by Gasteiger charge is -2.24. The fourth-order valence-electron chi connectivity index (χ4n) is 2.05. The van der Waals surface area contributed by atoms with E-state index in [9.17, 15) is 9.18 Å². The first-order chi connectivity index (χ1) is 11.0. The van der Waals surface area contributed by atoms with Gasteiger partial charge in [0, 0.05) is 19.2 Å². The van der Waals surface area contributed by atoms with E-state index in [1.54, 1.807) is 31.3 Å². The summed E-state index contributed by atoms with van der Waals surface area (Å²) in [7, 11) is 1.57. The molecule has 23 heavy (non-hydrogen) atoms. The molecule has 1 amide bonds. The summed E-state index contributed by atoms with van der Waals surface area (Å²) in [6.45, 7) is 0.0315. The Kier molecular flexibility index (Phi) is 5.96. The lowest BCUT2D eigenvalue weighted by molar-refractivity contribution is -0.138. The predicted octanol–water partition coefficient (Wildman–Crippen LogP) is 3.05. The van der Waals surface area contributed by atoms with Crippen molar-refractivity contribution in [2.24, 2.45) is 0 Å². The van der Waals surface area contributed by atoms with Crippen molar-refractivity contribution >= 4 is 17.5 Å². The summed E-state index contributed by atoms with van der Waals surface area (Å²) in [5.74, 6) is -0.597. The van der Waals surface area contributed by atoms with Gasteiger partial charge < -0.3 is 14.7 Å². The van der Waals surface area contributed by atoms with Crippen molar-refractivity contribution in [3.05, 3.63) is 64.9 Å². The molecule has 0 aromatic heterocycles. The smallest absolute Gasteiger partial charge is 0.268 e. The van der Waals surface area contributed by atoms with Crippen LogP contribution in [0.2, 0.25) is 5.02 Å². The van der Waals surface area contributed by atoms with Gasteiger partial charge in [0.25, 0.3) is 5.91 Å². The van der Waals surface area contributed by atoms with Crippen LogP contribution in [0.1, 0.15) is 11.7 Å². The first kappa shape index (κ1) is 17.2. The number of rotatable bonds is 6. The van der Waals surface area contributed by atoms with Crippen LogP contribution in [-0.2, 0) is 4.79 Å². The zero-order valence-corrected chi connectivity index (χ0v) is 13.3. The maximum atomic E-state index is 13.2. The van der Waals surface area contributed by atoms with Gasteiger partial charge in [-0.15, -0.1) is 0 Å². The summed E-state index contributed by atoms with van der Waals surface area (Å²) in [5, 5.41) is 9.09. The second-order valence-corrected chi connectivity index (χ2v) is 5.37. The van der Waals surface area contributed by atoms with Crippen LogP contribution in [0.4, 0.5) is 4.39 Å². The van der Waals surface area contributed by atoms with Gasteiger partial charge in [0.2, 0.25) is 6.10 Å². The van der Waals surface area contributed by atoms with E-state index in [1.807, 2.05) is 6.07 Å². The van der Waals surface area contributed by atoms with E-state index in [0.29, 0.717) is 5.56 Å². The molecular formula is C17H17ClFNO3. The molecule has 4 nitrogen and oxygen atoms in total. The highest BCUT2D eigenvalue weighted by Crippen LogP contribution is 2.30. The Hall–Kier alpha value is -2.11. The number of likely N-dealkylation sites (N-methyl/N-ethyl adjacent to an activating group) is 1. The lowest BCUT2D eigenvalue weighted by Crippen LogP contribution is -2.36. The zero-order valence-electron chi connectivity index (χ0n) is 12.6. The number of aliphatic hydroxyl groups excluding tert-OH is 1. The molecule has 0 aliphatic heterocycles. The Morgan fingerprint density at radius 2 is 2.00 bits per heavy atom. The molecule has 0 radical (unpaired) electrons. The van der Waals surface area contributed by atoms with Crippen molar-refractivity contribution in [1.82, 2.24) is 4.90 Å². The molecule has 2 rings (SSSR count). The summed E-state index contributed by atoms with van der Waals surface area (Å²) < 4.78 is 18.9. The number of nitrogens with zero attached hydrogens (tertiary/aromatic N) is 1. The molecule has 2 aromatic carbocycles. The second kappa shape index (κ2) is 7.94. The number of ether oxygens (including phenoxy) is 1. The standard InChI is InChI=1S/C17H17ClFNO3/c1-20(9-10-21)17(22)16(12-5-3-2-4-6-12)23-15-8-7-13(19)11-14(15)18/h2-8,11,16,21H,9-10H2,1H3. The van der Waals surface area contributed by atoms with Crippen LogP contribution in [0.15, 0.2) is 48.5 Å². The van der Waals surface area contributed by atoms with E-state index in [0.717, 1.165) is 6.07 Å². The first-order valence-electron chi connectivity index (χ1n) is 7.05. The number of carbonyl (C=O) groups excluding carboxylic acids is 1. The van der Waals surface area contributed by atoms with Crippen LogP contribution >= 0.6 is 11.6 Å². The SMILES string of the molecule is CN(CCO)C(=O)C(Oc1ccc(F)cc1Cl)c1ccccc1. The molecule has 122 valence electrons. The maximum absolute atomic E-state index is 13.2. The van der Waals surface area contributed by atoms with Gasteiger partial charge in [0.15, 0.2) is 0 Å². The Morgan fingerprint density at radius 1 is 1.30 bits per heavy atom. The molecule has 1 N–H and O–H groups in total. The molecule has 1 atom stereocenters. The Labute approximate surface area is 139 Å². The highest BCUT2D eigenvalue weighted by Gasteiger charge is 2.26. The molecule has 2 aromatic rings. The van der Waals surface area contributed by atoms with Gasteiger partial charge in [-0.1, -0.05) is 41.9 Å². The van der Waals surface area contributed by atoms with Crippen LogP contribution in [0, 0.1) is 5.82 Å². The normalized spacial score (nSPS) is 11.8. The topological polar surface area (TPSA) is 49.8 Å². The fourth-order valence-corrected chi connectivity index (χ4v) is 2.26. The highest BCUT2D eigenvalue weighted by atomic mass is 35.5. The number of aliphatic hydroxyl groups is 1. The number of hydrogen-bond acceptors (Lipinski definition) is 3. The van der Waals surface area contributed by atoms with Crippen LogP contribution in [0.5, 0.6) is 5.75 Å². The molecule has 0 spiro atoms. The first-order valence-corrected chi connectivity index (χ1v) is 7.43. The summed E-state index contributed by atoms with van der Waals surface area (Å²) >= 11 is 5.98. The van der Waals surface area contributed by atoms with E-state index in [4.69, 9.17) is 21.4 Å². The van der Waals surface area contributed by atoms with Crippen molar-refractivity contribution in [1.29, 1.82) is 0 Å². The Bertz CT molecular complexity index is 666. The molecule has 0 saturated heterocycles. The van der Waals surface area contributed by atoms with Crippen LogP contribution in [0.3, 0.4) is 0 Å². The maximum Gasteiger partial charge on any atom is 0.268 e. The predicted molar refractivity (Wildman–Crippen MR) is 85.9 cm³/mol. The number of carbonyl (C=O) groups is 1. The molecule has 0 aliphatic carbocycles. The summed E-state index contributed by atoms with van der Waals surface area (Å²) in [6, 6.07) is 12.6. The van der Waals surface area contributed by atoms with Crippen LogP contribution in [0.25, 0.3) is 0 Å². The average molecular weight is 338 g/mol. The van der Waals surface area contributed by atoms with Crippen molar-refractivity contribution in [2.45, 2.75) is 6.10 Å². The Morgan fingerprint density at radius 3 is 2.61 bits per heavy atom. The van der Waals surface area contributed by atoms with Crippen LogP contribution < -0.4 is 4.74 Å². The van der Waals surface area contributed by atoms with E-state index in [-0.39, 0.29) is 29.8 Å². The number of benzene rings is 2. The third-order valence-corrected chi connectivity index (χ3v) is 3.57. The Balaban J connectivity index is 2.32. The third kappa shape index (κ3) is 4.43. The highest BCUT2D eigenvalue weighted by molar-refractivity contribution is 6.32. The van der Waals surface area contributed by atoms with Crippen molar-refractivity contribution in [2.75, 3.05) is 20.2 Å². The minimum Gasteiger partial charge on any atom is -0.474 e. The molecule has 0 saturated carbocycles. The molecule has 0 bridgehead atoms. The van der Waals surface area contributed by atoms with Gasteiger partial charge in [0.1, 0.15) is 11.6 Å². The number of halogens is 2. The molecule has 0 aliphatic rings. The molecule has 0 fully saturated rings.